The summed E-state index contributed by atoms with van der Waals surface area (Å²) < 4.78 is 0.865. The van der Waals surface area contributed by atoms with Crippen LogP contribution in [0.5, 0.6) is 0 Å². The first-order valence-corrected chi connectivity index (χ1v) is 7.94. The average molecular weight is 306 g/mol. The van der Waals surface area contributed by atoms with E-state index in [1.165, 1.54) is 11.3 Å². The molecule has 6 nitrogen and oxygen atoms in total. The number of aryl methyl sites for hydroxylation is 1. The van der Waals surface area contributed by atoms with Crippen molar-refractivity contribution in [1.29, 1.82) is 0 Å². The van der Waals surface area contributed by atoms with Crippen LogP contribution in [0.25, 0.3) is 10.2 Å². The zero-order chi connectivity index (χ0) is 15.0. The number of hydrogen-bond acceptors (Lipinski definition) is 6. The zero-order valence-electron chi connectivity index (χ0n) is 11.9. The molecule has 0 spiro atoms. The molecule has 0 bridgehead atoms. The highest BCUT2D eigenvalue weighted by molar-refractivity contribution is 7.18. The third-order valence-corrected chi connectivity index (χ3v) is 4.93. The molecule has 1 saturated heterocycles. The number of anilines is 1. The van der Waals surface area contributed by atoms with E-state index in [9.17, 15) is 10.1 Å². The summed E-state index contributed by atoms with van der Waals surface area (Å²) in [6.07, 6.45) is 3.16. The average Bonchev–Trinajstić information content (AvgIpc) is 2.84. The van der Waals surface area contributed by atoms with E-state index in [2.05, 4.69) is 9.88 Å². The molecule has 21 heavy (non-hydrogen) atoms. The Morgan fingerprint density at radius 2 is 2.33 bits per heavy atom. The van der Waals surface area contributed by atoms with Crippen LogP contribution < -0.4 is 10.6 Å². The van der Waals surface area contributed by atoms with Crippen molar-refractivity contribution in [3.63, 3.8) is 0 Å². The van der Waals surface area contributed by atoms with Gasteiger partial charge in [0.25, 0.3) is 5.69 Å². The Kier molecular flexibility index (Phi) is 3.77. The summed E-state index contributed by atoms with van der Waals surface area (Å²) in [6.45, 7) is 3.25. The largest absolute Gasteiger partial charge is 0.362 e. The predicted octanol–water partition coefficient (Wildman–Crippen LogP) is 2.83. The number of fused-ring (bicyclic) bond motifs is 1. The van der Waals surface area contributed by atoms with Gasteiger partial charge in [-0.05, 0) is 32.3 Å². The second-order valence-corrected chi connectivity index (χ2v) is 6.61. The van der Waals surface area contributed by atoms with Crippen molar-refractivity contribution in [2.45, 2.75) is 32.2 Å². The third-order valence-electron chi connectivity index (χ3n) is 4.00. The Morgan fingerprint density at radius 1 is 1.52 bits per heavy atom. The van der Waals surface area contributed by atoms with Gasteiger partial charge in [-0.3, -0.25) is 10.1 Å². The van der Waals surface area contributed by atoms with Gasteiger partial charge in [0.15, 0.2) is 0 Å². The molecule has 0 radical (unpaired) electrons. The minimum absolute atomic E-state index is 0.159. The second-order valence-electron chi connectivity index (χ2n) is 5.38. The van der Waals surface area contributed by atoms with E-state index in [0.29, 0.717) is 12.2 Å². The van der Waals surface area contributed by atoms with Crippen molar-refractivity contribution >= 4 is 32.9 Å². The second kappa shape index (κ2) is 5.57. The van der Waals surface area contributed by atoms with E-state index < -0.39 is 0 Å². The lowest BCUT2D eigenvalue weighted by Crippen LogP contribution is -2.44. The fourth-order valence-electron chi connectivity index (χ4n) is 3.01. The SMILES string of the molecule is Cc1nc2cc(N3CCCCC3CN)c([N+](=O)[O-])cc2s1. The monoisotopic (exact) mass is 306 g/mol. The third kappa shape index (κ3) is 2.58. The van der Waals surface area contributed by atoms with Gasteiger partial charge in [0.05, 0.1) is 20.1 Å². The number of hydrogen-bond donors (Lipinski definition) is 1. The van der Waals surface area contributed by atoms with Crippen LogP contribution in [0.15, 0.2) is 12.1 Å². The number of thiazole rings is 1. The number of nitro benzene ring substituents is 1. The predicted molar refractivity (Wildman–Crippen MR) is 85.1 cm³/mol. The number of nitro groups is 1. The standard InChI is InChI=1S/C14H18N4O2S/c1-9-16-11-6-12(13(18(19)20)7-14(11)21-9)17-5-3-2-4-10(17)8-15/h6-7,10H,2-5,8,15H2,1H3. The zero-order valence-corrected chi connectivity index (χ0v) is 12.7. The van der Waals surface area contributed by atoms with Crippen LogP contribution in [0.2, 0.25) is 0 Å². The number of benzene rings is 1. The number of aromatic nitrogens is 1. The first-order valence-electron chi connectivity index (χ1n) is 7.12. The molecule has 1 aliphatic heterocycles. The molecule has 0 aliphatic carbocycles. The van der Waals surface area contributed by atoms with Crippen molar-refractivity contribution in [2.75, 3.05) is 18.0 Å². The van der Waals surface area contributed by atoms with Crippen LogP contribution in [-0.2, 0) is 0 Å². The number of piperidine rings is 1. The summed E-state index contributed by atoms with van der Waals surface area (Å²) in [5, 5.41) is 12.4. The quantitative estimate of drug-likeness (QED) is 0.696. The first kappa shape index (κ1) is 14.2. The Labute approximate surface area is 126 Å². The van der Waals surface area contributed by atoms with Gasteiger partial charge in [-0.25, -0.2) is 4.98 Å². The Morgan fingerprint density at radius 3 is 3.05 bits per heavy atom. The van der Waals surface area contributed by atoms with Crippen LogP contribution >= 0.6 is 11.3 Å². The molecule has 112 valence electrons. The van der Waals surface area contributed by atoms with Gasteiger partial charge in [0.1, 0.15) is 5.69 Å². The summed E-state index contributed by atoms with van der Waals surface area (Å²) >= 11 is 1.49. The highest BCUT2D eigenvalue weighted by Gasteiger charge is 2.28. The van der Waals surface area contributed by atoms with Crippen LogP contribution in [-0.4, -0.2) is 29.0 Å². The van der Waals surface area contributed by atoms with Crippen LogP contribution in [0, 0.1) is 17.0 Å². The van der Waals surface area contributed by atoms with E-state index in [0.717, 1.165) is 41.0 Å². The lowest BCUT2D eigenvalue weighted by molar-refractivity contribution is -0.384. The van der Waals surface area contributed by atoms with E-state index >= 15 is 0 Å². The summed E-state index contributed by atoms with van der Waals surface area (Å²) in [4.78, 5) is 17.7. The first-order chi connectivity index (χ1) is 10.1. The highest BCUT2D eigenvalue weighted by Crippen LogP contribution is 2.37. The summed E-state index contributed by atoms with van der Waals surface area (Å²) in [7, 11) is 0. The molecular formula is C14H18N4O2S. The molecule has 2 N–H and O–H groups in total. The van der Waals surface area contributed by atoms with E-state index in [1.54, 1.807) is 6.07 Å². The van der Waals surface area contributed by atoms with Gasteiger partial charge in [0, 0.05) is 25.2 Å². The van der Waals surface area contributed by atoms with E-state index in [4.69, 9.17) is 5.73 Å². The minimum atomic E-state index is -0.300. The normalized spacial score (nSPS) is 19.1. The summed E-state index contributed by atoms with van der Waals surface area (Å²) in [5.74, 6) is 0. The van der Waals surface area contributed by atoms with Crippen LogP contribution in [0.3, 0.4) is 0 Å². The molecule has 3 rings (SSSR count). The molecule has 1 unspecified atom stereocenters. The highest BCUT2D eigenvalue weighted by atomic mass is 32.1. The summed E-state index contributed by atoms with van der Waals surface area (Å²) in [5.41, 5.74) is 7.50. The van der Waals surface area contributed by atoms with Crippen molar-refractivity contribution in [1.82, 2.24) is 4.98 Å². The Balaban J connectivity index is 2.14. The van der Waals surface area contributed by atoms with Gasteiger partial charge >= 0.3 is 0 Å². The Hall–Kier alpha value is -1.73. The molecule has 0 amide bonds. The fraction of sp³-hybridized carbons (Fsp3) is 0.500. The molecule has 1 aromatic carbocycles. The van der Waals surface area contributed by atoms with Gasteiger partial charge in [-0.15, -0.1) is 11.3 Å². The fourth-order valence-corrected chi connectivity index (χ4v) is 3.85. The maximum atomic E-state index is 11.4. The minimum Gasteiger partial charge on any atom is -0.362 e. The molecule has 1 atom stereocenters. The van der Waals surface area contributed by atoms with Crippen molar-refractivity contribution in [3.05, 3.63) is 27.3 Å². The van der Waals surface area contributed by atoms with E-state index in [-0.39, 0.29) is 16.7 Å². The molecule has 1 aromatic heterocycles. The van der Waals surface area contributed by atoms with Crippen molar-refractivity contribution < 1.29 is 4.92 Å². The molecule has 1 fully saturated rings. The smallest absolute Gasteiger partial charge is 0.294 e. The number of nitrogens with two attached hydrogens (primary N) is 1. The molecule has 7 heteroatoms. The molecule has 2 heterocycles. The lowest BCUT2D eigenvalue weighted by atomic mass is 10.0. The molecule has 1 aliphatic rings. The molecular weight excluding hydrogens is 288 g/mol. The van der Waals surface area contributed by atoms with Crippen LogP contribution in [0.1, 0.15) is 24.3 Å². The maximum absolute atomic E-state index is 11.4. The van der Waals surface area contributed by atoms with Gasteiger partial charge in [-0.1, -0.05) is 0 Å². The van der Waals surface area contributed by atoms with Crippen molar-refractivity contribution in [3.8, 4) is 0 Å². The molecule has 0 saturated carbocycles. The summed E-state index contributed by atoms with van der Waals surface area (Å²) in [6, 6.07) is 3.68. The van der Waals surface area contributed by atoms with E-state index in [1.807, 2.05) is 13.0 Å². The van der Waals surface area contributed by atoms with Crippen molar-refractivity contribution in [2.24, 2.45) is 5.73 Å². The van der Waals surface area contributed by atoms with Gasteiger partial charge in [-0.2, -0.15) is 0 Å². The number of nitrogens with zero attached hydrogens (tertiary/aromatic N) is 3. The molecule has 2 aromatic rings. The Bertz CT molecular complexity index is 685. The van der Waals surface area contributed by atoms with Crippen LogP contribution in [0.4, 0.5) is 11.4 Å². The lowest BCUT2D eigenvalue weighted by Gasteiger charge is -2.36. The van der Waals surface area contributed by atoms with Gasteiger partial charge in [0.2, 0.25) is 0 Å². The maximum Gasteiger partial charge on any atom is 0.294 e. The van der Waals surface area contributed by atoms with Gasteiger partial charge < -0.3 is 10.6 Å². The number of rotatable bonds is 3. The topological polar surface area (TPSA) is 85.3 Å².